The van der Waals surface area contributed by atoms with Crippen LogP contribution in [0.1, 0.15) is 17.4 Å². The molecule has 1 unspecified atom stereocenters. The smallest absolute Gasteiger partial charge is 0.266 e. The van der Waals surface area contributed by atoms with E-state index >= 15 is 0 Å². The highest BCUT2D eigenvalue weighted by atomic mass is 35.5. The SMILES string of the molecule is CCOc1ccc(-c2cccc(OCC3CN(S(=O)(=O)c4c(C(N)=O)[nH]c5ccc(Cl)cc45)CCO3)c2)cn1. The molecule has 39 heavy (non-hydrogen) atoms. The second-order valence-corrected chi connectivity index (χ2v) is 11.2. The molecule has 5 rings (SSSR count). The third kappa shape index (κ3) is 5.71. The van der Waals surface area contributed by atoms with E-state index in [1.165, 1.54) is 10.4 Å². The minimum absolute atomic E-state index is 0.0380. The molecule has 0 spiro atoms. The summed E-state index contributed by atoms with van der Waals surface area (Å²) in [6.07, 6.45) is 1.20. The number of halogens is 1. The lowest BCUT2D eigenvalue weighted by Gasteiger charge is -2.32. The number of fused-ring (bicyclic) bond motifs is 1. The molecule has 3 heterocycles. The average Bonchev–Trinajstić information content (AvgIpc) is 3.33. The van der Waals surface area contributed by atoms with Crippen LogP contribution in [0.15, 0.2) is 65.7 Å². The van der Waals surface area contributed by atoms with Crippen LogP contribution in [0.25, 0.3) is 22.0 Å². The fourth-order valence-corrected chi connectivity index (χ4v) is 6.42. The quantitative estimate of drug-likeness (QED) is 0.312. The van der Waals surface area contributed by atoms with Gasteiger partial charge in [-0.1, -0.05) is 23.7 Å². The van der Waals surface area contributed by atoms with Crippen molar-refractivity contribution in [3.63, 3.8) is 0 Å². The number of carbonyl (C=O) groups excluding carboxylic acids is 1. The molecule has 204 valence electrons. The second kappa shape index (κ2) is 11.2. The number of ether oxygens (including phenoxy) is 3. The van der Waals surface area contributed by atoms with Crippen LogP contribution in [0.2, 0.25) is 5.02 Å². The maximum absolute atomic E-state index is 13.7. The number of aromatic amines is 1. The third-order valence-corrected chi connectivity index (χ3v) is 8.48. The first-order valence-corrected chi connectivity index (χ1v) is 14.1. The minimum Gasteiger partial charge on any atom is -0.491 e. The van der Waals surface area contributed by atoms with Crippen molar-refractivity contribution in [3.8, 4) is 22.8 Å². The summed E-state index contributed by atoms with van der Waals surface area (Å²) in [5.74, 6) is 0.283. The molecule has 1 aliphatic rings. The number of benzene rings is 2. The molecule has 3 N–H and O–H groups in total. The second-order valence-electron chi connectivity index (χ2n) is 8.90. The maximum Gasteiger partial charge on any atom is 0.266 e. The Hall–Kier alpha value is -3.64. The predicted octanol–water partition coefficient (Wildman–Crippen LogP) is 3.85. The van der Waals surface area contributed by atoms with E-state index in [4.69, 9.17) is 31.5 Å². The number of amides is 1. The van der Waals surface area contributed by atoms with Gasteiger partial charge in [0.15, 0.2) is 0 Å². The number of nitrogens with one attached hydrogen (secondary N) is 1. The van der Waals surface area contributed by atoms with E-state index in [2.05, 4.69) is 9.97 Å². The Kier molecular flexibility index (Phi) is 7.76. The molecular formula is C27H27ClN4O6S. The van der Waals surface area contributed by atoms with Gasteiger partial charge >= 0.3 is 0 Å². The molecule has 0 radical (unpaired) electrons. The molecule has 2 aromatic carbocycles. The highest BCUT2D eigenvalue weighted by Gasteiger charge is 2.36. The van der Waals surface area contributed by atoms with Crippen LogP contribution in [0.5, 0.6) is 11.6 Å². The van der Waals surface area contributed by atoms with Crippen LogP contribution in [-0.4, -0.2) is 67.6 Å². The van der Waals surface area contributed by atoms with Crippen molar-refractivity contribution < 1.29 is 27.4 Å². The molecule has 0 aliphatic carbocycles. The van der Waals surface area contributed by atoms with Crippen LogP contribution in [0.3, 0.4) is 0 Å². The zero-order valence-corrected chi connectivity index (χ0v) is 22.7. The van der Waals surface area contributed by atoms with Crippen molar-refractivity contribution in [2.45, 2.75) is 17.9 Å². The first-order chi connectivity index (χ1) is 18.8. The Labute approximate surface area is 230 Å². The van der Waals surface area contributed by atoms with E-state index in [1.54, 1.807) is 18.3 Å². The molecule has 12 heteroatoms. The largest absolute Gasteiger partial charge is 0.491 e. The fourth-order valence-electron chi connectivity index (χ4n) is 4.46. The lowest BCUT2D eigenvalue weighted by molar-refractivity contribution is -0.0249. The summed E-state index contributed by atoms with van der Waals surface area (Å²) in [7, 11) is -4.11. The number of H-pyrrole nitrogens is 1. The molecule has 1 atom stereocenters. The maximum atomic E-state index is 13.7. The van der Waals surface area contributed by atoms with Gasteiger partial charge in [-0.25, -0.2) is 13.4 Å². The number of carbonyl (C=O) groups is 1. The lowest BCUT2D eigenvalue weighted by atomic mass is 10.1. The highest BCUT2D eigenvalue weighted by Crippen LogP contribution is 2.32. The monoisotopic (exact) mass is 570 g/mol. The van der Waals surface area contributed by atoms with Gasteiger partial charge in [0.2, 0.25) is 15.9 Å². The molecule has 10 nitrogen and oxygen atoms in total. The van der Waals surface area contributed by atoms with E-state index < -0.39 is 22.0 Å². The molecule has 0 saturated carbocycles. The van der Waals surface area contributed by atoms with E-state index in [9.17, 15) is 13.2 Å². The molecule has 4 aromatic rings. The highest BCUT2D eigenvalue weighted by molar-refractivity contribution is 7.89. The van der Waals surface area contributed by atoms with Gasteiger partial charge in [-0.2, -0.15) is 4.31 Å². The van der Waals surface area contributed by atoms with Crippen molar-refractivity contribution in [2.24, 2.45) is 5.73 Å². The Morgan fingerprint density at radius 2 is 2.03 bits per heavy atom. The summed E-state index contributed by atoms with van der Waals surface area (Å²) in [4.78, 5) is 19.1. The Morgan fingerprint density at radius 1 is 1.18 bits per heavy atom. The van der Waals surface area contributed by atoms with Gasteiger partial charge in [-0.15, -0.1) is 0 Å². The van der Waals surface area contributed by atoms with Crippen LogP contribution < -0.4 is 15.2 Å². The number of nitrogens with zero attached hydrogens (tertiary/aromatic N) is 2. The van der Waals surface area contributed by atoms with Crippen molar-refractivity contribution >= 4 is 38.4 Å². The minimum atomic E-state index is -4.11. The number of sulfonamides is 1. The van der Waals surface area contributed by atoms with Crippen LogP contribution in [0, 0.1) is 0 Å². The average molecular weight is 571 g/mol. The van der Waals surface area contributed by atoms with Crippen molar-refractivity contribution in [1.29, 1.82) is 0 Å². The summed E-state index contributed by atoms with van der Waals surface area (Å²) in [6.45, 7) is 2.89. The summed E-state index contributed by atoms with van der Waals surface area (Å²) < 4.78 is 45.9. The molecule has 1 aliphatic heterocycles. The number of aromatic nitrogens is 2. The molecule has 1 fully saturated rings. The zero-order valence-electron chi connectivity index (χ0n) is 21.1. The fraction of sp³-hybridized carbons (Fsp3) is 0.259. The van der Waals surface area contributed by atoms with Gasteiger partial charge in [-0.05, 0) is 48.9 Å². The molecule has 2 aromatic heterocycles. The summed E-state index contributed by atoms with van der Waals surface area (Å²) in [5.41, 5.74) is 7.59. The normalized spacial score (nSPS) is 16.3. The zero-order chi connectivity index (χ0) is 27.6. The number of hydrogen-bond acceptors (Lipinski definition) is 7. The predicted molar refractivity (Wildman–Crippen MR) is 147 cm³/mol. The summed E-state index contributed by atoms with van der Waals surface area (Å²) in [6, 6.07) is 15.9. The van der Waals surface area contributed by atoms with Gasteiger partial charge in [0, 0.05) is 46.8 Å². The van der Waals surface area contributed by atoms with Crippen molar-refractivity contribution in [3.05, 3.63) is 71.5 Å². The van der Waals surface area contributed by atoms with E-state index in [0.29, 0.717) is 34.2 Å². The molecule has 1 amide bonds. The summed E-state index contributed by atoms with van der Waals surface area (Å²) in [5, 5.41) is 0.640. The number of rotatable bonds is 9. The van der Waals surface area contributed by atoms with Gasteiger partial charge in [-0.3, -0.25) is 4.79 Å². The topological polar surface area (TPSA) is 137 Å². The third-order valence-electron chi connectivity index (χ3n) is 6.29. The number of nitrogens with two attached hydrogens (primary N) is 1. The first-order valence-electron chi connectivity index (χ1n) is 12.3. The van der Waals surface area contributed by atoms with Crippen LogP contribution >= 0.6 is 11.6 Å². The Balaban J connectivity index is 1.31. The Morgan fingerprint density at radius 3 is 2.77 bits per heavy atom. The van der Waals surface area contributed by atoms with Gasteiger partial charge in [0.05, 0.1) is 13.2 Å². The van der Waals surface area contributed by atoms with Crippen LogP contribution in [0.4, 0.5) is 0 Å². The van der Waals surface area contributed by atoms with Gasteiger partial charge in [0.1, 0.15) is 29.0 Å². The Bertz CT molecular complexity index is 1610. The first kappa shape index (κ1) is 26.9. The van der Waals surface area contributed by atoms with Gasteiger partial charge in [0.25, 0.3) is 5.91 Å². The lowest BCUT2D eigenvalue weighted by Crippen LogP contribution is -2.47. The number of pyridine rings is 1. The standard InChI is InChI=1S/C27H27ClN4O6S/c1-2-36-24-9-6-18(14-30-24)17-4-3-5-20(12-17)38-16-21-15-32(10-11-37-21)39(34,35)26-22-13-19(28)7-8-23(22)31-25(26)27(29)33/h3-9,12-14,21,31H,2,10-11,15-16H2,1H3,(H2,29,33). The number of primary amides is 1. The molecular weight excluding hydrogens is 544 g/mol. The van der Waals surface area contributed by atoms with Crippen molar-refractivity contribution in [1.82, 2.24) is 14.3 Å². The van der Waals surface area contributed by atoms with E-state index in [1.807, 2.05) is 43.3 Å². The summed E-state index contributed by atoms with van der Waals surface area (Å²) >= 11 is 6.12. The number of hydrogen-bond donors (Lipinski definition) is 2. The molecule has 1 saturated heterocycles. The van der Waals surface area contributed by atoms with E-state index in [-0.39, 0.29) is 36.9 Å². The van der Waals surface area contributed by atoms with Crippen molar-refractivity contribution in [2.75, 3.05) is 32.9 Å². The number of morpholine rings is 1. The molecule has 0 bridgehead atoms. The van der Waals surface area contributed by atoms with E-state index in [0.717, 1.165) is 11.1 Å². The van der Waals surface area contributed by atoms with Gasteiger partial charge < -0.3 is 24.9 Å². The van der Waals surface area contributed by atoms with Crippen LogP contribution in [-0.2, 0) is 14.8 Å².